The van der Waals surface area contributed by atoms with Gasteiger partial charge in [-0.25, -0.2) is 0 Å². The standard InChI is InChI=1S/C15H13NO4/c1-10-6-7-13(12(8-10)9-17)20-14-5-3-4-11(2)15(14)16(18)19/h3-9H,1-2H3. The fraction of sp³-hybridized carbons (Fsp3) is 0.133. The van der Waals surface area contributed by atoms with Gasteiger partial charge in [0.15, 0.2) is 6.29 Å². The number of ether oxygens (including phenoxy) is 1. The van der Waals surface area contributed by atoms with Crippen molar-refractivity contribution in [3.05, 3.63) is 63.2 Å². The lowest BCUT2D eigenvalue weighted by Gasteiger charge is -2.10. The Kier molecular flexibility index (Phi) is 3.79. The highest BCUT2D eigenvalue weighted by molar-refractivity contribution is 5.80. The SMILES string of the molecule is Cc1ccc(Oc2cccc(C)c2[N+](=O)[O-])c(C=O)c1. The average Bonchev–Trinajstić information content (AvgIpc) is 2.40. The maximum Gasteiger partial charge on any atom is 0.314 e. The summed E-state index contributed by atoms with van der Waals surface area (Å²) < 4.78 is 5.56. The first-order valence-electron chi connectivity index (χ1n) is 6.00. The van der Waals surface area contributed by atoms with E-state index in [9.17, 15) is 14.9 Å². The van der Waals surface area contributed by atoms with E-state index in [2.05, 4.69) is 0 Å². The van der Waals surface area contributed by atoms with Crippen LogP contribution in [0.4, 0.5) is 5.69 Å². The van der Waals surface area contributed by atoms with Crippen LogP contribution in [0.15, 0.2) is 36.4 Å². The number of aldehydes is 1. The Bertz CT molecular complexity index is 680. The zero-order valence-corrected chi connectivity index (χ0v) is 11.1. The Hall–Kier alpha value is -2.69. The van der Waals surface area contributed by atoms with Gasteiger partial charge in [-0.15, -0.1) is 0 Å². The Labute approximate surface area is 116 Å². The van der Waals surface area contributed by atoms with Gasteiger partial charge in [-0.1, -0.05) is 23.8 Å². The third kappa shape index (κ3) is 2.66. The molecule has 2 aromatic carbocycles. The first kappa shape index (κ1) is 13.7. The van der Waals surface area contributed by atoms with E-state index in [1.54, 1.807) is 37.3 Å². The van der Waals surface area contributed by atoms with Gasteiger partial charge in [0.05, 0.1) is 10.5 Å². The Morgan fingerprint density at radius 1 is 1.15 bits per heavy atom. The largest absolute Gasteiger partial charge is 0.449 e. The highest BCUT2D eigenvalue weighted by Gasteiger charge is 2.19. The quantitative estimate of drug-likeness (QED) is 0.481. The number of benzene rings is 2. The summed E-state index contributed by atoms with van der Waals surface area (Å²) in [6, 6.07) is 9.91. The van der Waals surface area contributed by atoms with Crippen molar-refractivity contribution in [3.63, 3.8) is 0 Å². The number of carbonyl (C=O) groups excluding carboxylic acids is 1. The maximum absolute atomic E-state index is 11.1. The predicted molar refractivity (Wildman–Crippen MR) is 74.5 cm³/mol. The van der Waals surface area contributed by atoms with Crippen molar-refractivity contribution < 1.29 is 14.5 Å². The molecule has 0 aliphatic carbocycles. The van der Waals surface area contributed by atoms with Crippen molar-refractivity contribution in [3.8, 4) is 11.5 Å². The second-order valence-electron chi connectivity index (χ2n) is 4.44. The van der Waals surface area contributed by atoms with Gasteiger partial charge >= 0.3 is 5.69 Å². The molecule has 0 spiro atoms. The Balaban J connectivity index is 2.48. The van der Waals surface area contributed by atoms with Crippen LogP contribution in [0.5, 0.6) is 11.5 Å². The number of nitro groups is 1. The number of nitro benzene ring substituents is 1. The van der Waals surface area contributed by atoms with E-state index in [-0.39, 0.29) is 11.4 Å². The lowest BCUT2D eigenvalue weighted by atomic mass is 10.1. The molecule has 0 amide bonds. The van der Waals surface area contributed by atoms with Crippen molar-refractivity contribution in [1.82, 2.24) is 0 Å². The van der Waals surface area contributed by atoms with E-state index in [0.29, 0.717) is 23.2 Å². The first-order chi connectivity index (χ1) is 9.52. The number of para-hydroxylation sites is 1. The molecule has 0 aliphatic rings. The minimum atomic E-state index is -0.487. The van der Waals surface area contributed by atoms with Crippen LogP contribution in [0.3, 0.4) is 0 Å². The summed E-state index contributed by atoms with van der Waals surface area (Å²) in [5.74, 6) is 0.432. The van der Waals surface area contributed by atoms with Crippen LogP contribution in [0.25, 0.3) is 0 Å². The molecule has 0 saturated carbocycles. The van der Waals surface area contributed by atoms with Crippen LogP contribution >= 0.6 is 0 Å². The van der Waals surface area contributed by atoms with E-state index in [0.717, 1.165) is 5.56 Å². The van der Waals surface area contributed by atoms with Crippen molar-refractivity contribution in [1.29, 1.82) is 0 Å². The van der Waals surface area contributed by atoms with Gasteiger partial charge in [0.25, 0.3) is 0 Å². The van der Waals surface area contributed by atoms with E-state index in [1.807, 2.05) is 6.92 Å². The smallest absolute Gasteiger partial charge is 0.314 e. The minimum Gasteiger partial charge on any atom is -0.449 e. The predicted octanol–water partition coefficient (Wildman–Crippen LogP) is 3.82. The molecule has 2 aromatic rings. The molecule has 5 nitrogen and oxygen atoms in total. The molecule has 0 bridgehead atoms. The maximum atomic E-state index is 11.1. The number of aryl methyl sites for hydroxylation is 2. The molecular formula is C15H13NO4. The minimum absolute atomic E-state index is 0.0927. The van der Waals surface area contributed by atoms with Crippen LogP contribution < -0.4 is 4.74 Å². The van der Waals surface area contributed by atoms with Crippen LogP contribution in [-0.2, 0) is 0 Å². The summed E-state index contributed by atoms with van der Waals surface area (Å²) in [7, 11) is 0. The molecule has 0 unspecified atom stereocenters. The van der Waals surface area contributed by atoms with Crippen LogP contribution in [0.2, 0.25) is 0 Å². The number of rotatable bonds is 4. The van der Waals surface area contributed by atoms with E-state index in [4.69, 9.17) is 4.74 Å². The molecule has 102 valence electrons. The van der Waals surface area contributed by atoms with E-state index < -0.39 is 4.92 Å². The molecule has 0 saturated heterocycles. The molecular weight excluding hydrogens is 258 g/mol. The second kappa shape index (κ2) is 5.52. The molecule has 0 atom stereocenters. The zero-order chi connectivity index (χ0) is 14.7. The molecule has 0 fully saturated rings. The topological polar surface area (TPSA) is 69.4 Å². The third-order valence-electron chi connectivity index (χ3n) is 2.90. The van der Waals surface area contributed by atoms with Crippen LogP contribution in [-0.4, -0.2) is 11.2 Å². The molecule has 2 rings (SSSR count). The number of hydrogen-bond donors (Lipinski definition) is 0. The molecule has 0 aromatic heterocycles. The number of carbonyl (C=O) groups is 1. The highest BCUT2D eigenvalue weighted by Crippen LogP contribution is 2.34. The lowest BCUT2D eigenvalue weighted by Crippen LogP contribution is -1.97. The van der Waals surface area contributed by atoms with Crippen molar-refractivity contribution in [2.75, 3.05) is 0 Å². The molecule has 0 N–H and O–H groups in total. The normalized spacial score (nSPS) is 10.1. The molecule has 0 radical (unpaired) electrons. The summed E-state index contributed by atoms with van der Waals surface area (Å²) in [5.41, 5.74) is 1.69. The summed E-state index contributed by atoms with van der Waals surface area (Å²) in [4.78, 5) is 21.7. The monoisotopic (exact) mass is 271 g/mol. The Morgan fingerprint density at radius 3 is 2.55 bits per heavy atom. The van der Waals surface area contributed by atoms with Gasteiger partial charge in [0.1, 0.15) is 5.75 Å². The number of hydrogen-bond acceptors (Lipinski definition) is 4. The summed E-state index contributed by atoms with van der Waals surface area (Å²) in [6.45, 7) is 3.49. The van der Waals surface area contributed by atoms with Gasteiger partial charge in [0.2, 0.25) is 5.75 Å². The van der Waals surface area contributed by atoms with Gasteiger partial charge in [-0.05, 0) is 32.0 Å². The van der Waals surface area contributed by atoms with E-state index in [1.165, 1.54) is 6.07 Å². The van der Waals surface area contributed by atoms with Crippen LogP contribution in [0, 0.1) is 24.0 Å². The summed E-state index contributed by atoms with van der Waals surface area (Å²) in [5, 5.41) is 11.1. The lowest BCUT2D eigenvalue weighted by molar-refractivity contribution is -0.386. The van der Waals surface area contributed by atoms with Crippen LogP contribution in [0.1, 0.15) is 21.5 Å². The van der Waals surface area contributed by atoms with Gasteiger partial charge in [0, 0.05) is 5.56 Å². The van der Waals surface area contributed by atoms with Gasteiger partial charge in [-0.2, -0.15) is 0 Å². The van der Waals surface area contributed by atoms with Crippen molar-refractivity contribution in [2.45, 2.75) is 13.8 Å². The Morgan fingerprint density at radius 2 is 1.90 bits per heavy atom. The second-order valence-corrected chi connectivity index (χ2v) is 4.44. The molecule has 20 heavy (non-hydrogen) atoms. The average molecular weight is 271 g/mol. The fourth-order valence-electron chi connectivity index (χ4n) is 1.92. The molecule has 0 heterocycles. The van der Waals surface area contributed by atoms with Gasteiger partial charge in [-0.3, -0.25) is 14.9 Å². The highest BCUT2D eigenvalue weighted by atomic mass is 16.6. The van der Waals surface area contributed by atoms with E-state index >= 15 is 0 Å². The summed E-state index contributed by atoms with van der Waals surface area (Å²) >= 11 is 0. The third-order valence-corrected chi connectivity index (χ3v) is 2.90. The van der Waals surface area contributed by atoms with Crippen molar-refractivity contribution >= 4 is 12.0 Å². The fourth-order valence-corrected chi connectivity index (χ4v) is 1.92. The van der Waals surface area contributed by atoms with Gasteiger partial charge < -0.3 is 4.74 Å². The number of nitrogens with zero attached hydrogens (tertiary/aromatic N) is 1. The first-order valence-corrected chi connectivity index (χ1v) is 6.00. The zero-order valence-electron chi connectivity index (χ0n) is 11.1. The molecule has 0 aliphatic heterocycles. The molecule has 5 heteroatoms. The van der Waals surface area contributed by atoms with Crippen molar-refractivity contribution in [2.24, 2.45) is 0 Å². The summed E-state index contributed by atoms with van der Waals surface area (Å²) in [6.07, 6.45) is 0.671.